The lowest BCUT2D eigenvalue weighted by Gasteiger charge is -2.40. The molecule has 0 spiro atoms. The first-order valence-corrected chi connectivity index (χ1v) is 13.4. The number of amides is 1. The Labute approximate surface area is 238 Å². The number of methoxy groups -OCH3 is 1. The van der Waals surface area contributed by atoms with E-state index in [1.54, 1.807) is 25.3 Å². The normalized spacial score (nSPS) is 16.8. The van der Waals surface area contributed by atoms with Crippen molar-refractivity contribution in [1.29, 1.82) is 0 Å². The van der Waals surface area contributed by atoms with E-state index in [1.807, 2.05) is 84.6 Å². The molecule has 1 amide bonds. The Bertz CT molecular complexity index is 1360. The molecule has 7 heteroatoms. The van der Waals surface area contributed by atoms with Gasteiger partial charge in [0.2, 0.25) is 0 Å². The van der Waals surface area contributed by atoms with Crippen molar-refractivity contribution in [3.63, 3.8) is 0 Å². The van der Waals surface area contributed by atoms with Gasteiger partial charge in [0.1, 0.15) is 17.7 Å². The molecule has 4 nitrogen and oxygen atoms in total. The summed E-state index contributed by atoms with van der Waals surface area (Å²) in [5, 5.41) is 1.42. The molecule has 0 radical (unpaired) electrons. The number of hydrogen-bond acceptors (Lipinski definition) is 3. The van der Waals surface area contributed by atoms with Crippen LogP contribution in [0.1, 0.15) is 28.3 Å². The van der Waals surface area contributed by atoms with Crippen molar-refractivity contribution in [3.8, 4) is 5.75 Å². The Morgan fingerprint density at radius 2 is 1.59 bits per heavy atom. The minimum Gasteiger partial charge on any atom is -0.497 e. The van der Waals surface area contributed by atoms with E-state index < -0.39 is 6.10 Å². The first-order chi connectivity index (χ1) is 18.8. The highest BCUT2D eigenvalue weighted by Crippen LogP contribution is 2.31. The van der Waals surface area contributed by atoms with Gasteiger partial charge in [0.15, 0.2) is 0 Å². The summed E-state index contributed by atoms with van der Waals surface area (Å²) < 4.78 is 25.6. The molecule has 0 aromatic heterocycles. The Morgan fingerprint density at radius 1 is 0.923 bits per heavy atom. The second kappa shape index (κ2) is 13.6. The highest BCUT2D eigenvalue weighted by molar-refractivity contribution is 6.30. The molecule has 4 aromatic rings. The summed E-state index contributed by atoms with van der Waals surface area (Å²) in [5.41, 5.74) is 3.23. The minimum absolute atomic E-state index is 0.160. The number of hydrogen-bond donors (Lipinski definition) is 0. The number of halogens is 3. The van der Waals surface area contributed by atoms with Crippen molar-refractivity contribution in [1.82, 2.24) is 4.90 Å². The number of carbonyl (C=O) groups is 1. The van der Waals surface area contributed by atoms with Crippen LogP contribution in [0.5, 0.6) is 5.75 Å². The molecular formula is C32H30Cl2FNO3. The third kappa shape index (κ3) is 7.82. The highest BCUT2D eigenvalue weighted by atomic mass is 35.5. The lowest BCUT2D eigenvalue weighted by molar-refractivity contribution is -0.161. The lowest BCUT2D eigenvalue weighted by Crippen LogP contribution is -2.49. The van der Waals surface area contributed by atoms with Crippen LogP contribution in [0.4, 0.5) is 4.39 Å². The predicted molar refractivity (Wildman–Crippen MR) is 154 cm³/mol. The number of aryl methyl sites for hydroxylation is 1. The van der Waals surface area contributed by atoms with Crippen molar-refractivity contribution >= 4 is 29.1 Å². The summed E-state index contributed by atoms with van der Waals surface area (Å²) in [6, 6.07) is 29.3. The number of ether oxygens (including phenoxy) is 2. The SMILES string of the molecule is COc1ccc(CN2C(=O)C(Cc3ccc(C)cc3F)OC[C@@H]2c2ccc(Cl)cc2)cc1.Clc1ccccc1. The van der Waals surface area contributed by atoms with Gasteiger partial charge in [-0.05, 0) is 71.6 Å². The summed E-state index contributed by atoms with van der Waals surface area (Å²) >= 11 is 11.6. The van der Waals surface area contributed by atoms with Gasteiger partial charge in [-0.2, -0.15) is 0 Å². The molecule has 0 saturated carbocycles. The molecule has 1 aliphatic rings. The monoisotopic (exact) mass is 565 g/mol. The van der Waals surface area contributed by atoms with E-state index in [0.29, 0.717) is 23.7 Å². The van der Waals surface area contributed by atoms with Crippen LogP contribution in [0, 0.1) is 12.7 Å². The zero-order valence-corrected chi connectivity index (χ0v) is 23.3. The first-order valence-electron chi connectivity index (χ1n) is 12.6. The van der Waals surface area contributed by atoms with E-state index in [2.05, 4.69) is 0 Å². The van der Waals surface area contributed by atoms with Gasteiger partial charge in [0.05, 0.1) is 19.8 Å². The molecule has 2 atom stereocenters. The van der Waals surface area contributed by atoms with Crippen LogP contribution in [0.25, 0.3) is 0 Å². The molecule has 1 fully saturated rings. The van der Waals surface area contributed by atoms with Crippen molar-refractivity contribution in [2.24, 2.45) is 0 Å². The molecular weight excluding hydrogens is 536 g/mol. The van der Waals surface area contributed by atoms with E-state index in [4.69, 9.17) is 32.7 Å². The van der Waals surface area contributed by atoms with Gasteiger partial charge in [-0.15, -0.1) is 0 Å². The summed E-state index contributed by atoms with van der Waals surface area (Å²) in [7, 11) is 1.62. The van der Waals surface area contributed by atoms with Crippen molar-refractivity contribution in [3.05, 3.63) is 135 Å². The van der Waals surface area contributed by atoms with Crippen LogP contribution in [0.3, 0.4) is 0 Å². The molecule has 4 aromatic carbocycles. The van der Waals surface area contributed by atoms with Gasteiger partial charge in [-0.25, -0.2) is 4.39 Å². The summed E-state index contributed by atoms with van der Waals surface area (Å²) in [4.78, 5) is 15.3. The standard InChI is InChI=1S/C26H25ClFNO3.C6H5Cl/c1-17-3-6-20(23(28)13-17)14-25-26(30)29(15-18-4-11-22(31-2)12-5-18)24(16-32-25)19-7-9-21(27)10-8-19;7-6-4-2-1-3-5-6/h3-13,24-25H,14-16H2,1-2H3;1-5H/t24-,25?;/m1./s1. The number of carbonyl (C=O) groups excluding carboxylic acids is 1. The fraction of sp³-hybridized carbons (Fsp3) is 0.219. The maximum absolute atomic E-state index is 14.4. The van der Waals surface area contributed by atoms with Crippen molar-refractivity contribution in [2.45, 2.75) is 32.0 Å². The molecule has 1 unspecified atom stereocenters. The molecule has 1 heterocycles. The van der Waals surface area contributed by atoms with E-state index >= 15 is 0 Å². The maximum Gasteiger partial charge on any atom is 0.252 e. The largest absolute Gasteiger partial charge is 0.497 e. The molecule has 5 rings (SSSR count). The van der Waals surface area contributed by atoms with E-state index in [9.17, 15) is 9.18 Å². The zero-order chi connectivity index (χ0) is 27.8. The van der Waals surface area contributed by atoms with Gasteiger partial charge in [-0.3, -0.25) is 4.79 Å². The molecule has 1 saturated heterocycles. The molecule has 0 N–H and O–H groups in total. The van der Waals surface area contributed by atoms with Crippen LogP contribution < -0.4 is 4.74 Å². The van der Waals surface area contributed by atoms with Gasteiger partial charge >= 0.3 is 0 Å². The van der Waals surface area contributed by atoms with Crippen LogP contribution in [0.2, 0.25) is 10.0 Å². The average molecular weight is 567 g/mol. The zero-order valence-electron chi connectivity index (χ0n) is 21.8. The van der Waals surface area contributed by atoms with E-state index in [0.717, 1.165) is 27.5 Å². The topological polar surface area (TPSA) is 38.8 Å². The number of benzene rings is 4. The molecule has 0 bridgehead atoms. The first kappa shape index (κ1) is 28.6. The highest BCUT2D eigenvalue weighted by Gasteiger charge is 2.37. The average Bonchev–Trinajstić information content (AvgIpc) is 2.94. The Hall–Kier alpha value is -3.38. The Balaban J connectivity index is 0.000000438. The Morgan fingerprint density at radius 3 is 2.18 bits per heavy atom. The lowest BCUT2D eigenvalue weighted by atomic mass is 9.98. The van der Waals surface area contributed by atoms with Crippen molar-refractivity contribution < 1.29 is 18.7 Å². The smallest absolute Gasteiger partial charge is 0.252 e. The van der Waals surface area contributed by atoms with Crippen LogP contribution >= 0.6 is 23.2 Å². The number of rotatable bonds is 6. The van der Waals surface area contributed by atoms with Crippen molar-refractivity contribution in [2.75, 3.05) is 13.7 Å². The fourth-order valence-electron chi connectivity index (χ4n) is 4.36. The summed E-state index contributed by atoms with van der Waals surface area (Å²) in [6.07, 6.45) is -0.550. The van der Waals surface area contributed by atoms with E-state index in [-0.39, 0.29) is 24.2 Å². The van der Waals surface area contributed by atoms with Gasteiger partial charge in [0.25, 0.3) is 5.91 Å². The number of nitrogens with zero attached hydrogens (tertiary/aromatic N) is 1. The van der Waals surface area contributed by atoms with Crippen LogP contribution in [-0.2, 0) is 22.5 Å². The summed E-state index contributed by atoms with van der Waals surface area (Å²) in [6.45, 7) is 2.57. The van der Waals surface area contributed by atoms with Crippen LogP contribution in [-0.4, -0.2) is 30.6 Å². The van der Waals surface area contributed by atoms with Crippen LogP contribution in [0.15, 0.2) is 97.1 Å². The van der Waals surface area contributed by atoms with E-state index in [1.165, 1.54) is 6.07 Å². The minimum atomic E-state index is -0.742. The van der Waals surface area contributed by atoms with Gasteiger partial charge in [0, 0.05) is 23.0 Å². The quantitative estimate of drug-likeness (QED) is 0.239. The number of morpholine rings is 1. The maximum atomic E-state index is 14.4. The second-order valence-electron chi connectivity index (χ2n) is 9.30. The summed E-state index contributed by atoms with van der Waals surface area (Å²) in [5.74, 6) is 0.277. The molecule has 39 heavy (non-hydrogen) atoms. The second-order valence-corrected chi connectivity index (χ2v) is 10.2. The Kier molecular flexibility index (Phi) is 9.99. The predicted octanol–water partition coefficient (Wildman–Crippen LogP) is 7.85. The molecule has 1 aliphatic heterocycles. The molecule has 0 aliphatic carbocycles. The third-order valence-corrected chi connectivity index (χ3v) is 7.01. The van der Waals surface area contributed by atoms with Gasteiger partial charge < -0.3 is 14.4 Å². The fourth-order valence-corrected chi connectivity index (χ4v) is 4.63. The molecule has 202 valence electrons. The third-order valence-electron chi connectivity index (χ3n) is 6.50. The van der Waals surface area contributed by atoms with Gasteiger partial charge in [-0.1, -0.05) is 77.8 Å².